The minimum absolute atomic E-state index is 0.0125. The van der Waals surface area contributed by atoms with Crippen LogP contribution in [0.25, 0.3) is 10.8 Å². The number of halogens is 4. The summed E-state index contributed by atoms with van der Waals surface area (Å²) in [4.78, 5) is 12.6. The SMILES string of the molecule is COc1ccc(Cn2nc(OC(F)(F)F)c3ccc(Br)cc3c2=O)cc1. The Balaban J connectivity index is 2.11. The van der Waals surface area contributed by atoms with E-state index in [-0.39, 0.29) is 17.3 Å². The van der Waals surface area contributed by atoms with E-state index < -0.39 is 17.8 Å². The van der Waals surface area contributed by atoms with Gasteiger partial charge in [0.05, 0.1) is 24.4 Å². The molecule has 0 amide bonds. The van der Waals surface area contributed by atoms with E-state index in [0.29, 0.717) is 15.8 Å². The molecule has 5 nitrogen and oxygen atoms in total. The van der Waals surface area contributed by atoms with E-state index in [2.05, 4.69) is 25.8 Å². The zero-order valence-electron chi connectivity index (χ0n) is 13.4. The van der Waals surface area contributed by atoms with Crippen LogP contribution in [0.5, 0.6) is 11.6 Å². The van der Waals surface area contributed by atoms with Crippen LogP contribution >= 0.6 is 15.9 Å². The molecule has 9 heteroatoms. The molecule has 0 aliphatic carbocycles. The van der Waals surface area contributed by atoms with Gasteiger partial charge in [-0.05, 0) is 35.9 Å². The van der Waals surface area contributed by atoms with Crippen LogP contribution in [-0.2, 0) is 6.54 Å². The Kier molecular flexibility index (Phi) is 4.90. The molecule has 0 bridgehead atoms. The van der Waals surface area contributed by atoms with Crippen molar-refractivity contribution in [3.63, 3.8) is 0 Å². The van der Waals surface area contributed by atoms with Gasteiger partial charge in [-0.15, -0.1) is 18.3 Å². The van der Waals surface area contributed by atoms with Crippen molar-refractivity contribution in [3.8, 4) is 11.6 Å². The molecule has 0 unspecified atom stereocenters. The number of alkyl halides is 3. The van der Waals surface area contributed by atoms with Gasteiger partial charge in [0, 0.05) is 4.47 Å². The number of hydrogen-bond donors (Lipinski definition) is 0. The van der Waals surface area contributed by atoms with Crippen molar-refractivity contribution in [1.29, 1.82) is 0 Å². The van der Waals surface area contributed by atoms with Crippen LogP contribution in [0.15, 0.2) is 51.7 Å². The molecular formula is C17H12BrF3N2O3. The number of methoxy groups -OCH3 is 1. The molecule has 0 aliphatic rings. The Labute approximate surface area is 154 Å². The number of ether oxygens (including phenoxy) is 2. The van der Waals surface area contributed by atoms with Crippen molar-refractivity contribution < 1.29 is 22.6 Å². The zero-order chi connectivity index (χ0) is 18.9. The number of nitrogens with zero attached hydrogens (tertiary/aromatic N) is 2. The second kappa shape index (κ2) is 6.99. The molecule has 0 aliphatic heterocycles. The highest BCUT2D eigenvalue weighted by molar-refractivity contribution is 9.10. The average molecular weight is 429 g/mol. The first-order valence-electron chi connectivity index (χ1n) is 7.36. The Hall–Kier alpha value is -2.55. The highest BCUT2D eigenvalue weighted by Gasteiger charge is 2.33. The van der Waals surface area contributed by atoms with E-state index in [9.17, 15) is 18.0 Å². The molecule has 3 aromatic rings. The van der Waals surface area contributed by atoms with Crippen molar-refractivity contribution in [2.45, 2.75) is 12.9 Å². The number of fused-ring (bicyclic) bond motifs is 1. The second-order valence-electron chi connectivity index (χ2n) is 5.35. The third-order valence-electron chi connectivity index (χ3n) is 3.59. The maximum Gasteiger partial charge on any atom is 0.574 e. The van der Waals surface area contributed by atoms with Gasteiger partial charge in [-0.25, -0.2) is 4.68 Å². The van der Waals surface area contributed by atoms with E-state index in [4.69, 9.17) is 4.74 Å². The van der Waals surface area contributed by atoms with Crippen LogP contribution in [0.1, 0.15) is 5.56 Å². The molecule has 0 atom stereocenters. The summed E-state index contributed by atoms with van der Waals surface area (Å²) in [5, 5.41) is 3.83. The first kappa shape index (κ1) is 18.2. The van der Waals surface area contributed by atoms with E-state index in [1.165, 1.54) is 25.3 Å². The first-order chi connectivity index (χ1) is 12.3. The standard InChI is InChI=1S/C17H12BrF3N2O3/c1-25-12-5-2-10(3-6-12)9-23-16(24)14-8-11(18)4-7-13(14)15(22-23)26-17(19,20)21/h2-8H,9H2,1H3. The highest BCUT2D eigenvalue weighted by atomic mass is 79.9. The largest absolute Gasteiger partial charge is 0.574 e. The molecule has 0 saturated carbocycles. The predicted molar refractivity (Wildman–Crippen MR) is 92.5 cm³/mol. The Morgan fingerprint density at radius 3 is 2.42 bits per heavy atom. The third-order valence-corrected chi connectivity index (χ3v) is 4.09. The van der Waals surface area contributed by atoms with Gasteiger partial charge in [0.1, 0.15) is 5.75 Å². The highest BCUT2D eigenvalue weighted by Crippen LogP contribution is 2.28. The zero-order valence-corrected chi connectivity index (χ0v) is 15.0. The summed E-state index contributed by atoms with van der Waals surface area (Å²) in [6, 6.07) is 11.1. The van der Waals surface area contributed by atoms with Crippen molar-refractivity contribution in [2.24, 2.45) is 0 Å². The molecule has 3 rings (SSSR count). The number of benzene rings is 2. The molecule has 1 aromatic heterocycles. The second-order valence-corrected chi connectivity index (χ2v) is 6.27. The van der Waals surface area contributed by atoms with Crippen LogP contribution in [0.4, 0.5) is 13.2 Å². The van der Waals surface area contributed by atoms with Gasteiger partial charge in [0.25, 0.3) is 5.56 Å². The van der Waals surface area contributed by atoms with Crippen molar-refractivity contribution in [1.82, 2.24) is 9.78 Å². The van der Waals surface area contributed by atoms with E-state index in [0.717, 1.165) is 4.68 Å². The summed E-state index contributed by atoms with van der Waals surface area (Å²) in [6.45, 7) is -0.0144. The summed E-state index contributed by atoms with van der Waals surface area (Å²) in [6.07, 6.45) is -4.92. The van der Waals surface area contributed by atoms with Crippen LogP contribution in [-0.4, -0.2) is 23.3 Å². The van der Waals surface area contributed by atoms with Gasteiger partial charge < -0.3 is 9.47 Å². The summed E-state index contributed by atoms with van der Waals surface area (Å²) in [7, 11) is 1.52. The quantitative estimate of drug-likeness (QED) is 0.627. The average Bonchev–Trinajstić information content (AvgIpc) is 2.58. The molecule has 2 aromatic carbocycles. The maximum absolute atomic E-state index is 12.7. The Morgan fingerprint density at radius 1 is 1.12 bits per heavy atom. The molecule has 0 fully saturated rings. The van der Waals surface area contributed by atoms with Gasteiger partial charge in [-0.1, -0.05) is 28.1 Å². The minimum Gasteiger partial charge on any atom is -0.497 e. The molecule has 26 heavy (non-hydrogen) atoms. The van der Waals surface area contributed by atoms with Crippen molar-refractivity contribution in [3.05, 3.63) is 62.9 Å². The predicted octanol–water partition coefficient (Wildman–Crippen LogP) is 4.11. The number of hydrogen-bond acceptors (Lipinski definition) is 4. The summed E-state index contributed by atoms with van der Waals surface area (Å²) < 4.78 is 48.7. The van der Waals surface area contributed by atoms with Crippen LogP contribution in [0.3, 0.4) is 0 Å². The van der Waals surface area contributed by atoms with E-state index >= 15 is 0 Å². The molecule has 0 radical (unpaired) electrons. The monoisotopic (exact) mass is 428 g/mol. The van der Waals surface area contributed by atoms with E-state index in [1.54, 1.807) is 24.3 Å². The molecule has 0 spiro atoms. The van der Waals surface area contributed by atoms with Crippen LogP contribution in [0.2, 0.25) is 0 Å². The fourth-order valence-electron chi connectivity index (χ4n) is 2.42. The summed E-state index contributed by atoms with van der Waals surface area (Å²) in [5.41, 5.74) is 0.152. The van der Waals surface area contributed by atoms with Crippen molar-refractivity contribution >= 4 is 26.7 Å². The lowest BCUT2D eigenvalue weighted by Gasteiger charge is -2.13. The van der Waals surface area contributed by atoms with Gasteiger partial charge in [-0.3, -0.25) is 4.79 Å². The molecule has 0 saturated heterocycles. The molecule has 0 N–H and O–H groups in total. The lowest BCUT2D eigenvalue weighted by atomic mass is 10.2. The van der Waals surface area contributed by atoms with Crippen molar-refractivity contribution in [2.75, 3.05) is 7.11 Å². The van der Waals surface area contributed by atoms with Gasteiger partial charge >= 0.3 is 6.36 Å². The van der Waals surface area contributed by atoms with E-state index in [1.807, 2.05) is 0 Å². The Morgan fingerprint density at radius 2 is 1.81 bits per heavy atom. The molecule has 1 heterocycles. The van der Waals surface area contributed by atoms with Crippen LogP contribution < -0.4 is 15.0 Å². The summed E-state index contributed by atoms with van der Waals surface area (Å²) in [5.74, 6) is -0.0503. The fraction of sp³-hybridized carbons (Fsp3) is 0.176. The van der Waals surface area contributed by atoms with Gasteiger partial charge in [-0.2, -0.15) is 0 Å². The minimum atomic E-state index is -4.92. The fourth-order valence-corrected chi connectivity index (χ4v) is 2.78. The van der Waals surface area contributed by atoms with Crippen LogP contribution in [0, 0.1) is 0 Å². The lowest BCUT2D eigenvalue weighted by molar-refractivity contribution is -0.275. The Bertz CT molecular complexity index is 1000. The topological polar surface area (TPSA) is 53.4 Å². The number of aromatic nitrogens is 2. The third kappa shape index (κ3) is 3.98. The lowest BCUT2D eigenvalue weighted by Crippen LogP contribution is -2.27. The smallest absolute Gasteiger partial charge is 0.497 e. The molecular weight excluding hydrogens is 417 g/mol. The number of rotatable bonds is 4. The normalized spacial score (nSPS) is 11.6. The summed E-state index contributed by atoms with van der Waals surface area (Å²) >= 11 is 3.21. The van der Waals surface area contributed by atoms with Gasteiger partial charge in [0.15, 0.2) is 0 Å². The first-order valence-corrected chi connectivity index (χ1v) is 8.15. The van der Waals surface area contributed by atoms with Gasteiger partial charge in [0.2, 0.25) is 5.88 Å². The maximum atomic E-state index is 12.7. The molecule has 136 valence electrons.